The van der Waals surface area contributed by atoms with Crippen LogP contribution in [0.1, 0.15) is 67.6 Å². The Morgan fingerprint density at radius 1 is 1.26 bits per heavy atom. The lowest BCUT2D eigenvalue weighted by Gasteiger charge is -2.26. The van der Waals surface area contributed by atoms with Crippen molar-refractivity contribution in [3.8, 4) is 0 Å². The predicted molar refractivity (Wildman–Crippen MR) is 83.7 cm³/mol. The van der Waals surface area contributed by atoms with Crippen molar-refractivity contribution in [1.82, 2.24) is 10.3 Å². The van der Waals surface area contributed by atoms with Crippen molar-refractivity contribution in [3.05, 3.63) is 15.6 Å². The molecule has 2 rings (SSSR count). The van der Waals surface area contributed by atoms with E-state index < -0.39 is 0 Å². The second-order valence-corrected chi connectivity index (χ2v) is 7.51. The van der Waals surface area contributed by atoms with Gasteiger partial charge in [0.1, 0.15) is 0 Å². The number of nitrogens with zero attached hydrogens (tertiary/aromatic N) is 1. The van der Waals surface area contributed by atoms with Crippen molar-refractivity contribution in [2.45, 2.75) is 65.8 Å². The number of aryl methyl sites for hydroxylation is 2. The zero-order chi connectivity index (χ0) is 13.8. The topological polar surface area (TPSA) is 24.9 Å². The quantitative estimate of drug-likeness (QED) is 0.851. The molecule has 0 saturated heterocycles. The highest BCUT2D eigenvalue weighted by Gasteiger charge is 2.18. The Bertz CT molecular complexity index is 391. The highest BCUT2D eigenvalue weighted by Crippen LogP contribution is 2.30. The van der Waals surface area contributed by atoms with Crippen LogP contribution in [0, 0.1) is 25.7 Å². The van der Waals surface area contributed by atoms with Crippen molar-refractivity contribution in [1.29, 1.82) is 0 Å². The van der Waals surface area contributed by atoms with E-state index in [-0.39, 0.29) is 0 Å². The summed E-state index contributed by atoms with van der Waals surface area (Å²) >= 11 is 1.84. The van der Waals surface area contributed by atoms with Gasteiger partial charge in [0.25, 0.3) is 0 Å². The van der Waals surface area contributed by atoms with Crippen LogP contribution >= 0.6 is 11.3 Å². The maximum absolute atomic E-state index is 4.52. The molecule has 0 spiro atoms. The van der Waals surface area contributed by atoms with Crippen LogP contribution < -0.4 is 5.32 Å². The summed E-state index contributed by atoms with van der Waals surface area (Å²) in [5.74, 6) is 1.92. The van der Waals surface area contributed by atoms with Crippen molar-refractivity contribution in [2.75, 3.05) is 6.54 Å². The standard InChI is InChI=1S/C16H28N2S/c1-11-5-7-15(8-6-11)9-10-17-12(2)16-13(3)18-14(4)19-16/h11-12,15,17H,5-10H2,1-4H3. The summed E-state index contributed by atoms with van der Waals surface area (Å²) < 4.78 is 0. The molecule has 1 aliphatic carbocycles. The summed E-state index contributed by atoms with van der Waals surface area (Å²) in [6.07, 6.45) is 7.10. The van der Waals surface area contributed by atoms with E-state index in [9.17, 15) is 0 Å². The Morgan fingerprint density at radius 2 is 1.95 bits per heavy atom. The lowest BCUT2D eigenvalue weighted by atomic mass is 9.81. The van der Waals surface area contributed by atoms with Gasteiger partial charge in [0, 0.05) is 10.9 Å². The predicted octanol–water partition coefficient (Wildman–Crippen LogP) is 4.63. The molecule has 0 aliphatic heterocycles. The van der Waals surface area contributed by atoms with Gasteiger partial charge in [0.2, 0.25) is 0 Å². The van der Waals surface area contributed by atoms with Crippen LogP contribution in [0.2, 0.25) is 0 Å². The van der Waals surface area contributed by atoms with Gasteiger partial charge in [-0.25, -0.2) is 4.98 Å². The van der Waals surface area contributed by atoms with Gasteiger partial charge in [0.15, 0.2) is 0 Å². The first-order valence-corrected chi connectivity index (χ1v) is 8.55. The van der Waals surface area contributed by atoms with Gasteiger partial charge in [-0.3, -0.25) is 0 Å². The molecule has 1 unspecified atom stereocenters. The second kappa shape index (κ2) is 6.85. The fourth-order valence-corrected chi connectivity index (χ4v) is 4.12. The van der Waals surface area contributed by atoms with Gasteiger partial charge in [0.05, 0.1) is 10.7 Å². The summed E-state index contributed by atoms with van der Waals surface area (Å²) in [4.78, 5) is 5.93. The van der Waals surface area contributed by atoms with E-state index in [4.69, 9.17) is 0 Å². The second-order valence-electron chi connectivity index (χ2n) is 6.27. The third-order valence-electron chi connectivity index (χ3n) is 4.47. The number of aromatic nitrogens is 1. The SMILES string of the molecule is Cc1nc(C)c(C(C)NCCC2CCC(C)CC2)s1. The van der Waals surface area contributed by atoms with E-state index in [1.54, 1.807) is 0 Å². The summed E-state index contributed by atoms with van der Waals surface area (Å²) in [6.45, 7) is 10.0. The van der Waals surface area contributed by atoms with E-state index >= 15 is 0 Å². The third kappa shape index (κ3) is 4.28. The number of hydrogen-bond acceptors (Lipinski definition) is 3. The molecule has 0 amide bonds. The summed E-state index contributed by atoms with van der Waals surface area (Å²) in [5.41, 5.74) is 1.20. The molecule has 108 valence electrons. The maximum Gasteiger partial charge on any atom is 0.0900 e. The van der Waals surface area contributed by atoms with Crippen LogP contribution in [0.25, 0.3) is 0 Å². The van der Waals surface area contributed by atoms with Crippen LogP contribution in [-0.2, 0) is 0 Å². The van der Waals surface area contributed by atoms with Gasteiger partial charge < -0.3 is 5.32 Å². The molecule has 1 fully saturated rings. The average Bonchev–Trinajstić information content (AvgIpc) is 2.71. The minimum atomic E-state index is 0.453. The fraction of sp³-hybridized carbons (Fsp3) is 0.812. The van der Waals surface area contributed by atoms with E-state index in [0.29, 0.717) is 6.04 Å². The molecule has 1 atom stereocenters. The molecule has 0 bridgehead atoms. The molecule has 1 heterocycles. The zero-order valence-electron chi connectivity index (χ0n) is 12.8. The Morgan fingerprint density at radius 3 is 2.53 bits per heavy atom. The van der Waals surface area contributed by atoms with Crippen molar-refractivity contribution >= 4 is 11.3 Å². The molecule has 0 radical (unpaired) electrons. The number of rotatable bonds is 5. The highest BCUT2D eigenvalue weighted by molar-refractivity contribution is 7.11. The van der Waals surface area contributed by atoms with Crippen molar-refractivity contribution in [3.63, 3.8) is 0 Å². The third-order valence-corrected chi connectivity index (χ3v) is 5.73. The first kappa shape index (κ1) is 15.0. The van der Waals surface area contributed by atoms with Gasteiger partial charge in [-0.1, -0.05) is 32.6 Å². The first-order chi connectivity index (χ1) is 9.06. The smallest absolute Gasteiger partial charge is 0.0900 e. The Kier molecular flexibility index (Phi) is 5.40. The van der Waals surface area contributed by atoms with Gasteiger partial charge in [-0.2, -0.15) is 0 Å². The molecule has 1 aliphatic rings. The molecule has 1 aromatic rings. The number of nitrogens with one attached hydrogen (secondary N) is 1. The van der Waals surface area contributed by atoms with E-state index in [0.717, 1.165) is 18.4 Å². The first-order valence-electron chi connectivity index (χ1n) is 7.73. The lowest BCUT2D eigenvalue weighted by molar-refractivity contribution is 0.273. The van der Waals surface area contributed by atoms with Crippen LogP contribution in [0.15, 0.2) is 0 Å². The summed E-state index contributed by atoms with van der Waals surface area (Å²) in [6, 6.07) is 0.453. The summed E-state index contributed by atoms with van der Waals surface area (Å²) in [7, 11) is 0. The Hall–Kier alpha value is -0.410. The van der Waals surface area contributed by atoms with Gasteiger partial charge in [-0.05, 0) is 45.6 Å². The minimum absolute atomic E-state index is 0.453. The van der Waals surface area contributed by atoms with Crippen LogP contribution in [0.4, 0.5) is 0 Å². The molecular formula is C16H28N2S. The Labute approximate surface area is 122 Å². The molecule has 1 aromatic heterocycles. The molecule has 1 N–H and O–H groups in total. The van der Waals surface area contributed by atoms with Crippen molar-refractivity contribution in [2.24, 2.45) is 11.8 Å². The van der Waals surface area contributed by atoms with Crippen LogP contribution in [-0.4, -0.2) is 11.5 Å². The van der Waals surface area contributed by atoms with Crippen LogP contribution in [0.5, 0.6) is 0 Å². The molecule has 2 nitrogen and oxygen atoms in total. The van der Waals surface area contributed by atoms with Crippen molar-refractivity contribution < 1.29 is 0 Å². The molecule has 0 aromatic carbocycles. The molecule has 1 saturated carbocycles. The Balaban J connectivity index is 1.72. The number of hydrogen-bond donors (Lipinski definition) is 1. The van der Waals surface area contributed by atoms with Crippen LogP contribution in [0.3, 0.4) is 0 Å². The zero-order valence-corrected chi connectivity index (χ0v) is 13.6. The molecular weight excluding hydrogens is 252 g/mol. The number of thiazole rings is 1. The normalized spacial score (nSPS) is 25.5. The van der Waals surface area contributed by atoms with E-state index in [2.05, 4.69) is 38.0 Å². The molecule has 19 heavy (non-hydrogen) atoms. The highest BCUT2D eigenvalue weighted by atomic mass is 32.1. The van der Waals surface area contributed by atoms with E-state index in [1.165, 1.54) is 47.7 Å². The van der Waals surface area contributed by atoms with Gasteiger partial charge >= 0.3 is 0 Å². The molecule has 3 heteroatoms. The largest absolute Gasteiger partial charge is 0.309 e. The lowest BCUT2D eigenvalue weighted by Crippen LogP contribution is -2.23. The maximum atomic E-state index is 4.52. The van der Waals surface area contributed by atoms with Gasteiger partial charge in [-0.15, -0.1) is 11.3 Å². The minimum Gasteiger partial charge on any atom is -0.309 e. The average molecular weight is 280 g/mol. The summed E-state index contributed by atoms with van der Waals surface area (Å²) in [5, 5.41) is 4.86. The van der Waals surface area contributed by atoms with E-state index in [1.807, 2.05) is 11.3 Å². The monoisotopic (exact) mass is 280 g/mol. The fourth-order valence-electron chi connectivity index (χ4n) is 3.16.